The number of carbonyl (C=O) groups excluding carboxylic acids is 1. The molecular formula is C16H15BrFN3O3S. The van der Waals surface area contributed by atoms with Gasteiger partial charge in [-0.25, -0.2) is 18.2 Å². The van der Waals surface area contributed by atoms with Crippen molar-refractivity contribution in [3.8, 4) is 0 Å². The number of sulfonamides is 1. The molecule has 0 heterocycles. The van der Waals surface area contributed by atoms with Crippen LogP contribution in [0.15, 0.2) is 63.0 Å². The average molecular weight is 428 g/mol. The molecule has 0 aliphatic carbocycles. The minimum absolute atomic E-state index is 0.0948. The number of hydrazone groups is 1. The fraction of sp³-hybridized carbons (Fsp3) is 0.125. The first-order chi connectivity index (χ1) is 11.8. The molecule has 0 atom stereocenters. The number of likely N-dealkylation sites (N-methyl/N-ethyl adjacent to an activating group) is 1. The molecule has 0 aromatic heterocycles. The molecule has 0 aliphatic heterocycles. The largest absolute Gasteiger partial charge is 0.272 e. The third kappa shape index (κ3) is 5.45. The topological polar surface area (TPSA) is 78.8 Å². The zero-order chi connectivity index (χ0) is 18.4. The Balaban J connectivity index is 1.95. The molecule has 1 N–H and O–H groups in total. The summed E-state index contributed by atoms with van der Waals surface area (Å²) in [5, 5.41) is 3.78. The smallest absolute Gasteiger partial charge is 0.255 e. The van der Waals surface area contributed by atoms with Crippen molar-refractivity contribution in [2.75, 3.05) is 13.6 Å². The van der Waals surface area contributed by atoms with Crippen LogP contribution >= 0.6 is 15.9 Å². The zero-order valence-electron chi connectivity index (χ0n) is 13.2. The lowest BCUT2D eigenvalue weighted by molar-refractivity contribution is -0.121. The highest BCUT2D eigenvalue weighted by Crippen LogP contribution is 2.14. The summed E-state index contributed by atoms with van der Waals surface area (Å²) in [7, 11) is -2.62. The number of amides is 1. The van der Waals surface area contributed by atoms with Crippen LogP contribution in [0.2, 0.25) is 0 Å². The molecule has 0 aliphatic rings. The summed E-state index contributed by atoms with van der Waals surface area (Å²) in [5.74, 6) is -1.14. The highest BCUT2D eigenvalue weighted by Gasteiger charge is 2.22. The molecule has 0 unspecified atom stereocenters. The second-order valence-corrected chi connectivity index (χ2v) is 8.02. The van der Waals surface area contributed by atoms with Gasteiger partial charge in [0, 0.05) is 11.5 Å². The van der Waals surface area contributed by atoms with E-state index in [1.807, 2.05) is 12.1 Å². The molecule has 6 nitrogen and oxygen atoms in total. The van der Waals surface area contributed by atoms with E-state index in [2.05, 4.69) is 26.5 Å². The molecule has 25 heavy (non-hydrogen) atoms. The molecule has 0 saturated carbocycles. The van der Waals surface area contributed by atoms with Gasteiger partial charge < -0.3 is 0 Å². The van der Waals surface area contributed by atoms with E-state index in [0.29, 0.717) is 0 Å². The van der Waals surface area contributed by atoms with Crippen molar-refractivity contribution in [3.05, 3.63) is 64.4 Å². The van der Waals surface area contributed by atoms with Gasteiger partial charge in [-0.2, -0.15) is 9.41 Å². The fourth-order valence-electron chi connectivity index (χ4n) is 1.84. The average Bonchev–Trinajstić information content (AvgIpc) is 2.57. The van der Waals surface area contributed by atoms with Crippen molar-refractivity contribution in [3.63, 3.8) is 0 Å². The maximum absolute atomic E-state index is 12.9. The lowest BCUT2D eigenvalue weighted by atomic mass is 10.2. The van der Waals surface area contributed by atoms with Gasteiger partial charge in [-0.1, -0.05) is 28.1 Å². The quantitative estimate of drug-likeness (QED) is 0.567. The summed E-state index contributed by atoms with van der Waals surface area (Å²) in [4.78, 5) is 11.7. The van der Waals surface area contributed by atoms with E-state index in [-0.39, 0.29) is 4.90 Å². The third-order valence-corrected chi connectivity index (χ3v) is 5.51. The lowest BCUT2D eigenvalue weighted by Gasteiger charge is -2.16. The molecule has 0 bridgehead atoms. The Morgan fingerprint density at radius 3 is 2.40 bits per heavy atom. The van der Waals surface area contributed by atoms with E-state index in [4.69, 9.17) is 0 Å². The first-order valence-corrected chi connectivity index (χ1v) is 9.32. The minimum atomic E-state index is -3.88. The Bertz CT molecular complexity index is 869. The third-order valence-electron chi connectivity index (χ3n) is 3.16. The van der Waals surface area contributed by atoms with Gasteiger partial charge in [0.25, 0.3) is 5.91 Å². The maximum Gasteiger partial charge on any atom is 0.255 e. The number of hydrogen-bond donors (Lipinski definition) is 1. The van der Waals surface area contributed by atoms with Crippen molar-refractivity contribution in [2.45, 2.75) is 4.90 Å². The van der Waals surface area contributed by atoms with Crippen LogP contribution in [0.25, 0.3) is 0 Å². The maximum atomic E-state index is 12.9. The van der Waals surface area contributed by atoms with Crippen LogP contribution in [0.3, 0.4) is 0 Å². The Kier molecular flexibility index (Phi) is 6.40. The highest BCUT2D eigenvalue weighted by molar-refractivity contribution is 9.10. The van der Waals surface area contributed by atoms with Crippen LogP contribution in [0.1, 0.15) is 5.56 Å². The first-order valence-electron chi connectivity index (χ1n) is 7.08. The predicted molar refractivity (Wildman–Crippen MR) is 96.1 cm³/mol. The SMILES string of the molecule is CN(CC(=O)N/N=C\c1ccc(Br)cc1)S(=O)(=O)c1ccc(F)cc1. The molecule has 0 radical (unpaired) electrons. The molecule has 2 rings (SSSR count). The molecule has 0 fully saturated rings. The number of nitrogens with one attached hydrogen (secondary N) is 1. The van der Waals surface area contributed by atoms with Gasteiger partial charge in [0.1, 0.15) is 5.82 Å². The van der Waals surface area contributed by atoms with E-state index in [1.165, 1.54) is 13.3 Å². The van der Waals surface area contributed by atoms with Gasteiger partial charge in [0.2, 0.25) is 10.0 Å². The summed E-state index contributed by atoms with van der Waals surface area (Å²) in [5.41, 5.74) is 3.04. The normalized spacial score (nSPS) is 11.8. The highest BCUT2D eigenvalue weighted by atomic mass is 79.9. The fourth-order valence-corrected chi connectivity index (χ4v) is 3.23. The molecule has 132 valence electrons. The van der Waals surface area contributed by atoms with Crippen molar-refractivity contribution in [1.82, 2.24) is 9.73 Å². The number of benzene rings is 2. The van der Waals surface area contributed by atoms with Gasteiger partial charge in [-0.05, 0) is 42.0 Å². The van der Waals surface area contributed by atoms with E-state index in [9.17, 15) is 17.6 Å². The zero-order valence-corrected chi connectivity index (χ0v) is 15.6. The van der Waals surface area contributed by atoms with Crippen LogP contribution in [0.4, 0.5) is 4.39 Å². The van der Waals surface area contributed by atoms with Crippen LogP contribution in [-0.2, 0) is 14.8 Å². The molecule has 0 saturated heterocycles. The summed E-state index contributed by atoms with van der Waals surface area (Å²) in [6, 6.07) is 11.6. The van der Waals surface area contributed by atoms with E-state index in [1.54, 1.807) is 12.1 Å². The summed E-state index contributed by atoms with van der Waals surface area (Å²) < 4.78 is 39.3. The van der Waals surface area contributed by atoms with Crippen LogP contribution in [-0.4, -0.2) is 38.4 Å². The lowest BCUT2D eigenvalue weighted by Crippen LogP contribution is -2.36. The monoisotopic (exact) mass is 427 g/mol. The van der Waals surface area contributed by atoms with Crippen LogP contribution < -0.4 is 5.43 Å². The Labute approximate surface area is 153 Å². The molecule has 2 aromatic rings. The van der Waals surface area contributed by atoms with Crippen LogP contribution in [0.5, 0.6) is 0 Å². The number of halogens is 2. The van der Waals surface area contributed by atoms with Gasteiger partial charge in [-0.3, -0.25) is 4.79 Å². The molecule has 0 spiro atoms. The van der Waals surface area contributed by atoms with Crippen molar-refractivity contribution >= 4 is 38.1 Å². The number of rotatable bonds is 6. The summed E-state index contributed by atoms with van der Waals surface area (Å²) in [6.07, 6.45) is 1.44. The molecule has 9 heteroatoms. The van der Waals surface area contributed by atoms with Crippen LogP contribution in [0, 0.1) is 5.82 Å². The first kappa shape index (κ1) is 19.2. The second-order valence-electron chi connectivity index (χ2n) is 5.06. The van der Waals surface area contributed by atoms with Gasteiger partial charge in [0.15, 0.2) is 0 Å². The van der Waals surface area contributed by atoms with Gasteiger partial charge in [0.05, 0.1) is 17.7 Å². The summed E-state index contributed by atoms with van der Waals surface area (Å²) in [6.45, 7) is -0.419. The standard InChI is InChI=1S/C16H15BrFN3O3S/c1-21(25(23,24)15-8-6-14(18)7-9-15)11-16(22)20-19-10-12-2-4-13(17)5-3-12/h2-10H,11H2,1H3,(H,20,22)/b19-10-. The molecule has 2 aromatic carbocycles. The molecular weight excluding hydrogens is 413 g/mol. The summed E-state index contributed by atoms with van der Waals surface area (Å²) >= 11 is 3.31. The number of nitrogens with zero attached hydrogens (tertiary/aromatic N) is 2. The van der Waals surface area contributed by atoms with Crippen molar-refractivity contribution in [2.24, 2.45) is 5.10 Å². The molecule has 1 amide bonds. The Hall–Kier alpha value is -2.10. The minimum Gasteiger partial charge on any atom is -0.272 e. The van der Waals surface area contributed by atoms with Gasteiger partial charge >= 0.3 is 0 Å². The van der Waals surface area contributed by atoms with E-state index >= 15 is 0 Å². The Morgan fingerprint density at radius 1 is 1.20 bits per heavy atom. The number of carbonyl (C=O) groups is 1. The van der Waals surface area contributed by atoms with E-state index in [0.717, 1.165) is 38.6 Å². The second kappa shape index (κ2) is 8.32. The Morgan fingerprint density at radius 2 is 1.80 bits per heavy atom. The van der Waals surface area contributed by atoms with Crippen molar-refractivity contribution in [1.29, 1.82) is 0 Å². The van der Waals surface area contributed by atoms with Gasteiger partial charge in [-0.15, -0.1) is 0 Å². The van der Waals surface area contributed by atoms with E-state index < -0.39 is 28.3 Å². The number of hydrogen-bond acceptors (Lipinski definition) is 4. The predicted octanol–water partition coefficient (Wildman–Crippen LogP) is 2.36. The van der Waals surface area contributed by atoms with Crippen molar-refractivity contribution < 1.29 is 17.6 Å².